The lowest BCUT2D eigenvalue weighted by molar-refractivity contribution is -0.136. The molecule has 82 valence electrons. The lowest BCUT2D eigenvalue weighted by Crippen LogP contribution is -2.46. The Morgan fingerprint density at radius 1 is 1.29 bits per heavy atom. The van der Waals surface area contributed by atoms with E-state index in [1.54, 1.807) is 0 Å². The number of ether oxygens (including phenoxy) is 1. The number of rotatable bonds is 5. The van der Waals surface area contributed by atoms with Gasteiger partial charge in [0.2, 0.25) is 8.32 Å². The predicted molar refractivity (Wildman–Crippen MR) is 63.1 cm³/mol. The zero-order valence-corrected chi connectivity index (χ0v) is 11.7. The standard InChI is InChI=1S/C9H20O3Si2/c1-7-9(10)11-8-14(5,6)12-13(2,3)4/h7H,1,8H2,2-6H3. The van der Waals surface area contributed by atoms with E-state index in [4.69, 9.17) is 8.85 Å². The summed E-state index contributed by atoms with van der Waals surface area (Å²) < 4.78 is 11.0. The molecule has 0 aromatic heterocycles. The fourth-order valence-electron chi connectivity index (χ4n) is 1.16. The van der Waals surface area contributed by atoms with Crippen LogP contribution in [0.1, 0.15) is 0 Å². The van der Waals surface area contributed by atoms with Gasteiger partial charge in [-0.25, -0.2) is 4.79 Å². The molecule has 14 heavy (non-hydrogen) atoms. The van der Waals surface area contributed by atoms with Gasteiger partial charge in [-0.15, -0.1) is 0 Å². The minimum atomic E-state index is -1.85. The molecule has 0 atom stereocenters. The van der Waals surface area contributed by atoms with Crippen molar-refractivity contribution in [1.82, 2.24) is 0 Å². The monoisotopic (exact) mass is 232 g/mol. The Kier molecular flexibility index (Phi) is 4.76. The van der Waals surface area contributed by atoms with Gasteiger partial charge in [0.1, 0.15) is 6.23 Å². The topological polar surface area (TPSA) is 35.5 Å². The first-order valence-electron chi connectivity index (χ1n) is 4.66. The second-order valence-electron chi connectivity index (χ2n) is 4.79. The Morgan fingerprint density at radius 3 is 2.14 bits per heavy atom. The van der Waals surface area contributed by atoms with E-state index in [1.807, 2.05) is 0 Å². The van der Waals surface area contributed by atoms with E-state index in [0.717, 1.165) is 0 Å². The Labute approximate surface area is 88.4 Å². The summed E-state index contributed by atoms with van der Waals surface area (Å²) in [6, 6.07) is 0. The van der Waals surface area contributed by atoms with Crippen LogP contribution in [0.5, 0.6) is 0 Å². The molecule has 0 aliphatic heterocycles. The summed E-state index contributed by atoms with van der Waals surface area (Å²) in [6.45, 7) is 13.9. The summed E-state index contributed by atoms with van der Waals surface area (Å²) in [4.78, 5) is 10.9. The first kappa shape index (κ1) is 13.6. The van der Waals surface area contributed by atoms with Crippen LogP contribution in [0.4, 0.5) is 0 Å². The fraction of sp³-hybridized carbons (Fsp3) is 0.667. The first-order valence-corrected chi connectivity index (χ1v) is 11.2. The smallest absolute Gasteiger partial charge is 0.329 e. The second-order valence-corrected chi connectivity index (χ2v) is 13.6. The molecule has 0 bridgehead atoms. The number of esters is 1. The third-order valence-electron chi connectivity index (χ3n) is 1.31. The molecule has 0 saturated heterocycles. The van der Waals surface area contributed by atoms with E-state index >= 15 is 0 Å². The van der Waals surface area contributed by atoms with Gasteiger partial charge >= 0.3 is 5.97 Å². The van der Waals surface area contributed by atoms with E-state index in [1.165, 1.54) is 6.08 Å². The van der Waals surface area contributed by atoms with Crippen molar-refractivity contribution in [3.8, 4) is 0 Å². The number of hydrogen-bond acceptors (Lipinski definition) is 3. The van der Waals surface area contributed by atoms with E-state index in [0.29, 0.717) is 6.23 Å². The van der Waals surface area contributed by atoms with Crippen LogP contribution in [0.25, 0.3) is 0 Å². The van der Waals surface area contributed by atoms with Crippen LogP contribution < -0.4 is 0 Å². The van der Waals surface area contributed by atoms with E-state index < -0.39 is 16.6 Å². The van der Waals surface area contributed by atoms with Gasteiger partial charge in [-0.05, 0) is 32.7 Å². The largest absolute Gasteiger partial charge is 0.463 e. The fourth-order valence-corrected chi connectivity index (χ4v) is 8.52. The van der Waals surface area contributed by atoms with Crippen LogP contribution in [-0.4, -0.2) is 28.8 Å². The molecule has 0 spiro atoms. The average molecular weight is 232 g/mol. The Morgan fingerprint density at radius 2 is 1.79 bits per heavy atom. The third-order valence-corrected chi connectivity index (χ3v) is 6.81. The summed E-state index contributed by atoms with van der Waals surface area (Å²) in [7, 11) is -3.38. The quantitative estimate of drug-likeness (QED) is 0.414. The van der Waals surface area contributed by atoms with Crippen molar-refractivity contribution >= 4 is 22.6 Å². The van der Waals surface area contributed by atoms with Crippen molar-refractivity contribution in [3.63, 3.8) is 0 Å². The van der Waals surface area contributed by atoms with Crippen LogP contribution in [0.2, 0.25) is 32.7 Å². The molecule has 0 N–H and O–H groups in total. The highest BCUT2D eigenvalue weighted by molar-refractivity contribution is 6.84. The molecule has 5 heteroatoms. The van der Waals surface area contributed by atoms with Crippen molar-refractivity contribution in [2.45, 2.75) is 32.7 Å². The average Bonchev–Trinajstić information content (AvgIpc) is 1.96. The molecule has 0 heterocycles. The van der Waals surface area contributed by atoms with Crippen molar-refractivity contribution in [2.75, 3.05) is 6.23 Å². The summed E-state index contributed by atoms with van der Waals surface area (Å²) in [5.74, 6) is -0.371. The molecule has 0 amide bonds. The van der Waals surface area contributed by atoms with Gasteiger partial charge in [0.25, 0.3) is 0 Å². The Bertz CT molecular complexity index is 219. The molecule has 0 saturated carbocycles. The van der Waals surface area contributed by atoms with Gasteiger partial charge < -0.3 is 8.85 Å². The number of hydrogen-bond donors (Lipinski definition) is 0. The highest BCUT2D eigenvalue weighted by atomic mass is 28.4. The zero-order valence-electron chi connectivity index (χ0n) is 9.72. The molecule has 3 nitrogen and oxygen atoms in total. The molecule has 0 unspecified atom stereocenters. The summed E-state index contributed by atoms with van der Waals surface area (Å²) in [6.07, 6.45) is 1.58. The first-order chi connectivity index (χ1) is 6.16. The van der Waals surface area contributed by atoms with E-state index in [2.05, 4.69) is 39.3 Å². The SMILES string of the molecule is C=CC(=O)OC[Si](C)(C)O[Si](C)(C)C. The molecule has 0 aliphatic rings. The number of carbonyl (C=O) groups excluding carboxylic acids is 1. The third kappa shape index (κ3) is 7.05. The van der Waals surface area contributed by atoms with Gasteiger partial charge in [-0.1, -0.05) is 6.58 Å². The Hall–Kier alpha value is -0.396. The van der Waals surface area contributed by atoms with Crippen molar-refractivity contribution < 1.29 is 13.6 Å². The molecule has 0 rings (SSSR count). The summed E-state index contributed by atoms with van der Waals surface area (Å²) in [5.41, 5.74) is 0. The van der Waals surface area contributed by atoms with Crippen LogP contribution in [-0.2, 0) is 13.6 Å². The van der Waals surface area contributed by atoms with Gasteiger partial charge in [0, 0.05) is 6.08 Å². The predicted octanol–water partition coefficient (Wildman–Crippen LogP) is 2.31. The van der Waals surface area contributed by atoms with Crippen molar-refractivity contribution in [1.29, 1.82) is 0 Å². The van der Waals surface area contributed by atoms with Crippen LogP contribution >= 0.6 is 0 Å². The maximum Gasteiger partial charge on any atom is 0.329 e. The molecule has 0 fully saturated rings. The van der Waals surface area contributed by atoms with E-state index in [9.17, 15) is 4.79 Å². The highest BCUT2D eigenvalue weighted by Gasteiger charge is 2.30. The highest BCUT2D eigenvalue weighted by Crippen LogP contribution is 2.14. The molecular formula is C9H20O3Si2. The normalized spacial score (nSPS) is 12.4. The lowest BCUT2D eigenvalue weighted by Gasteiger charge is -2.30. The minimum Gasteiger partial charge on any atom is -0.463 e. The Balaban J connectivity index is 4.08. The van der Waals surface area contributed by atoms with Gasteiger partial charge in [0.05, 0.1) is 0 Å². The van der Waals surface area contributed by atoms with Gasteiger partial charge in [-0.3, -0.25) is 0 Å². The number of carbonyl (C=O) groups is 1. The molecule has 0 aliphatic carbocycles. The second kappa shape index (κ2) is 4.90. The van der Waals surface area contributed by atoms with Crippen LogP contribution in [0.15, 0.2) is 12.7 Å². The maximum absolute atomic E-state index is 10.9. The van der Waals surface area contributed by atoms with Gasteiger partial charge in [-0.2, -0.15) is 0 Å². The minimum absolute atomic E-state index is 0.371. The summed E-state index contributed by atoms with van der Waals surface area (Å²) in [5, 5.41) is 0. The van der Waals surface area contributed by atoms with Gasteiger partial charge in [0.15, 0.2) is 8.32 Å². The molecular weight excluding hydrogens is 212 g/mol. The summed E-state index contributed by atoms with van der Waals surface area (Å²) >= 11 is 0. The van der Waals surface area contributed by atoms with Crippen molar-refractivity contribution in [2.24, 2.45) is 0 Å². The van der Waals surface area contributed by atoms with E-state index in [-0.39, 0.29) is 5.97 Å². The molecule has 0 radical (unpaired) electrons. The lowest BCUT2D eigenvalue weighted by atomic mass is 10.7. The molecule has 0 aromatic carbocycles. The van der Waals surface area contributed by atoms with Crippen LogP contribution in [0, 0.1) is 0 Å². The maximum atomic E-state index is 10.9. The zero-order chi connectivity index (χ0) is 11.4. The van der Waals surface area contributed by atoms with Crippen LogP contribution in [0.3, 0.4) is 0 Å². The molecule has 0 aromatic rings. The van der Waals surface area contributed by atoms with Crippen molar-refractivity contribution in [3.05, 3.63) is 12.7 Å².